The quantitative estimate of drug-likeness (QED) is 0.642. The minimum absolute atomic E-state index is 0.602. The highest BCUT2D eigenvalue weighted by Crippen LogP contribution is 2.32. The summed E-state index contributed by atoms with van der Waals surface area (Å²) in [6.45, 7) is 0. The number of fused-ring (bicyclic) bond motifs is 1. The molecule has 0 aromatic heterocycles. The summed E-state index contributed by atoms with van der Waals surface area (Å²) in [5.74, 6) is 2.65. The molecule has 0 spiro atoms. The van der Waals surface area contributed by atoms with Crippen LogP contribution in [0.15, 0.2) is 70.8 Å². The van der Waals surface area contributed by atoms with Gasteiger partial charge in [-0.1, -0.05) is 11.6 Å². The predicted octanol–water partition coefficient (Wildman–Crippen LogP) is 4.80. The van der Waals surface area contributed by atoms with Crippen molar-refractivity contribution in [3.63, 3.8) is 0 Å². The van der Waals surface area contributed by atoms with Crippen LogP contribution < -0.4 is 19.6 Å². The molecule has 3 aromatic carbocycles. The summed E-state index contributed by atoms with van der Waals surface area (Å²) in [6, 6.07) is 18.8. The average molecular weight is 422 g/mol. The molecule has 1 heterocycles. The van der Waals surface area contributed by atoms with Crippen molar-refractivity contribution >= 4 is 28.8 Å². The Bertz CT molecular complexity index is 1140. The summed E-state index contributed by atoms with van der Waals surface area (Å²) >= 11 is 6.29. The molecule has 7 heteroatoms. The van der Waals surface area contributed by atoms with E-state index >= 15 is 0 Å². The lowest BCUT2D eigenvalue weighted by atomic mass is 10.0. The third-order valence-corrected chi connectivity index (χ3v) is 4.98. The van der Waals surface area contributed by atoms with E-state index in [1.807, 2.05) is 60.7 Å². The number of rotatable bonds is 5. The van der Waals surface area contributed by atoms with E-state index in [0.717, 1.165) is 28.1 Å². The SMILES string of the molecule is COc1ccc(C2=Nc3ccc(Cl)cc3C(c3ccc(OC)c(OC)c3)=NN2)cc1. The fourth-order valence-corrected chi connectivity index (χ4v) is 3.36. The van der Waals surface area contributed by atoms with Gasteiger partial charge in [-0.05, 0) is 60.7 Å². The van der Waals surface area contributed by atoms with Crippen LogP contribution >= 0.6 is 11.6 Å². The summed E-state index contributed by atoms with van der Waals surface area (Å²) < 4.78 is 16.0. The highest BCUT2D eigenvalue weighted by atomic mass is 35.5. The second-order valence-corrected chi connectivity index (χ2v) is 6.93. The topological polar surface area (TPSA) is 64.4 Å². The molecule has 6 nitrogen and oxygen atoms in total. The monoisotopic (exact) mass is 421 g/mol. The maximum absolute atomic E-state index is 6.29. The van der Waals surface area contributed by atoms with Crippen molar-refractivity contribution in [1.29, 1.82) is 0 Å². The zero-order chi connectivity index (χ0) is 21.1. The number of ether oxygens (including phenoxy) is 3. The van der Waals surface area contributed by atoms with Gasteiger partial charge in [0.15, 0.2) is 17.3 Å². The minimum atomic E-state index is 0.602. The lowest BCUT2D eigenvalue weighted by Crippen LogP contribution is -2.19. The fourth-order valence-electron chi connectivity index (χ4n) is 3.19. The van der Waals surface area contributed by atoms with Gasteiger partial charge in [-0.15, -0.1) is 0 Å². The molecule has 152 valence electrons. The molecule has 3 aromatic rings. The Morgan fingerprint density at radius 3 is 2.20 bits per heavy atom. The molecule has 0 saturated heterocycles. The molecule has 0 atom stereocenters. The van der Waals surface area contributed by atoms with Crippen LogP contribution in [0.2, 0.25) is 5.02 Å². The van der Waals surface area contributed by atoms with Gasteiger partial charge in [-0.3, -0.25) is 5.43 Å². The van der Waals surface area contributed by atoms with Crippen molar-refractivity contribution in [2.75, 3.05) is 21.3 Å². The summed E-state index contributed by atoms with van der Waals surface area (Å²) in [5.41, 5.74) is 7.08. The molecule has 0 unspecified atom stereocenters. The van der Waals surface area contributed by atoms with Crippen LogP contribution in [0.1, 0.15) is 16.7 Å². The van der Waals surface area contributed by atoms with Crippen molar-refractivity contribution in [1.82, 2.24) is 5.43 Å². The van der Waals surface area contributed by atoms with E-state index in [0.29, 0.717) is 28.1 Å². The Labute approximate surface area is 179 Å². The zero-order valence-corrected chi connectivity index (χ0v) is 17.5. The summed E-state index contributed by atoms with van der Waals surface area (Å²) in [6.07, 6.45) is 0. The lowest BCUT2D eigenvalue weighted by molar-refractivity contribution is 0.355. The molecule has 30 heavy (non-hydrogen) atoms. The molecule has 4 rings (SSSR count). The lowest BCUT2D eigenvalue weighted by Gasteiger charge is -2.12. The van der Waals surface area contributed by atoms with Gasteiger partial charge in [0.2, 0.25) is 0 Å². The van der Waals surface area contributed by atoms with Gasteiger partial charge >= 0.3 is 0 Å². The number of nitrogens with zero attached hydrogens (tertiary/aromatic N) is 2. The molecular formula is C23H20ClN3O3. The van der Waals surface area contributed by atoms with Crippen molar-refractivity contribution in [3.8, 4) is 17.2 Å². The molecule has 0 radical (unpaired) electrons. The second-order valence-electron chi connectivity index (χ2n) is 6.49. The number of hydrazone groups is 1. The summed E-state index contributed by atoms with van der Waals surface area (Å²) in [5, 5.41) is 5.26. The van der Waals surface area contributed by atoms with E-state index in [4.69, 9.17) is 30.8 Å². The predicted molar refractivity (Wildman–Crippen MR) is 119 cm³/mol. The first-order valence-electron chi connectivity index (χ1n) is 9.22. The van der Waals surface area contributed by atoms with E-state index in [1.165, 1.54) is 0 Å². The number of hydrogen-bond donors (Lipinski definition) is 1. The Morgan fingerprint density at radius 1 is 0.767 bits per heavy atom. The molecule has 0 amide bonds. The summed E-state index contributed by atoms with van der Waals surface area (Å²) in [7, 11) is 4.84. The molecule has 0 fully saturated rings. The van der Waals surface area contributed by atoms with Crippen LogP contribution in [0.5, 0.6) is 17.2 Å². The number of benzene rings is 3. The van der Waals surface area contributed by atoms with Crippen molar-refractivity contribution < 1.29 is 14.2 Å². The standard InChI is InChI=1S/C23H20ClN3O3/c1-28-17-8-4-14(5-9-17)23-25-19-10-7-16(24)13-18(19)22(26-27-23)15-6-11-20(29-2)21(12-15)30-3/h4-13H,1-3H3,(H,25,27). The van der Waals surface area contributed by atoms with Crippen LogP contribution in [0.3, 0.4) is 0 Å². The van der Waals surface area contributed by atoms with Crippen molar-refractivity contribution in [2.45, 2.75) is 0 Å². The zero-order valence-electron chi connectivity index (χ0n) is 16.8. The van der Waals surface area contributed by atoms with E-state index < -0.39 is 0 Å². The average Bonchev–Trinajstić information content (AvgIpc) is 2.98. The van der Waals surface area contributed by atoms with Crippen LogP contribution in [-0.4, -0.2) is 32.9 Å². The smallest absolute Gasteiger partial charge is 0.161 e. The largest absolute Gasteiger partial charge is 0.497 e. The van der Waals surface area contributed by atoms with E-state index in [-0.39, 0.29) is 0 Å². The highest BCUT2D eigenvalue weighted by Gasteiger charge is 2.19. The first-order chi connectivity index (χ1) is 14.6. The van der Waals surface area contributed by atoms with Gasteiger partial charge in [-0.25, -0.2) is 4.99 Å². The van der Waals surface area contributed by atoms with Gasteiger partial charge in [0, 0.05) is 21.7 Å². The first-order valence-corrected chi connectivity index (χ1v) is 9.60. The van der Waals surface area contributed by atoms with Crippen molar-refractivity contribution in [2.24, 2.45) is 10.1 Å². The van der Waals surface area contributed by atoms with Gasteiger partial charge < -0.3 is 14.2 Å². The Balaban J connectivity index is 1.82. The molecular weight excluding hydrogens is 402 g/mol. The molecule has 0 aliphatic carbocycles. The number of amidine groups is 1. The van der Waals surface area contributed by atoms with Gasteiger partial charge in [0.1, 0.15) is 11.5 Å². The third kappa shape index (κ3) is 3.82. The third-order valence-electron chi connectivity index (χ3n) is 4.74. The van der Waals surface area contributed by atoms with Crippen LogP contribution in [0.25, 0.3) is 0 Å². The van der Waals surface area contributed by atoms with Gasteiger partial charge in [0.25, 0.3) is 0 Å². The number of nitrogens with one attached hydrogen (secondary N) is 1. The van der Waals surface area contributed by atoms with Gasteiger partial charge in [0.05, 0.1) is 27.0 Å². The Kier molecular flexibility index (Phi) is 5.59. The number of methoxy groups -OCH3 is 3. The van der Waals surface area contributed by atoms with Crippen molar-refractivity contribution in [3.05, 3.63) is 82.4 Å². The molecule has 1 aliphatic rings. The van der Waals surface area contributed by atoms with Crippen LogP contribution in [0, 0.1) is 0 Å². The molecule has 1 N–H and O–H groups in total. The maximum atomic E-state index is 6.29. The van der Waals surface area contributed by atoms with E-state index in [2.05, 4.69) is 10.5 Å². The first kappa shape index (κ1) is 19.8. The minimum Gasteiger partial charge on any atom is -0.497 e. The van der Waals surface area contributed by atoms with E-state index in [9.17, 15) is 0 Å². The molecule has 1 aliphatic heterocycles. The normalized spacial score (nSPS) is 12.7. The summed E-state index contributed by atoms with van der Waals surface area (Å²) in [4.78, 5) is 4.79. The van der Waals surface area contributed by atoms with Gasteiger partial charge in [-0.2, -0.15) is 5.10 Å². The number of halogens is 1. The second kappa shape index (κ2) is 8.47. The van der Waals surface area contributed by atoms with Crippen LogP contribution in [-0.2, 0) is 0 Å². The molecule has 0 saturated carbocycles. The van der Waals surface area contributed by atoms with Crippen LogP contribution in [0.4, 0.5) is 5.69 Å². The molecule has 0 bridgehead atoms. The highest BCUT2D eigenvalue weighted by molar-refractivity contribution is 6.31. The fraction of sp³-hybridized carbons (Fsp3) is 0.130. The van der Waals surface area contributed by atoms with E-state index in [1.54, 1.807) is 21.3 Å². The Morgan fingerprint density at radius 2 is 1.50 bits per heavy atom. The number of aliphatic imine (C=N–C) groups is 1. The number of hydrogen-bond acceptors (Lipinski definition) is 6. The maximum Gasteiger partial charge on any atom is 0.161 e. The Hall–Kier alpha value is -3.51.